The lowest BCUT2D eigenvalue weighted by Crippen LogP contribution is -2.21. The molecule has 0 aliphatic heterocycles. The number of aryl methyl sites for hydroxylation is 2. The quantitative estimate of drug-likeness (QED) is 0.436. The van der Waals surface area contributed by atoms with Crippen LogP contribution in [0.2, 0.25) is 5.02 Å². The van der Waals surface area contributed by atoms with E-state index in [0.29, 0.717) is 15.6 Å². The Hall–Kier alpha value is -3.16. The van der Waals surface area contributed by atoms with Gasteiger partial charge in [-0.15, -0.1) is 11.3 Å². The van der Waals surface area contributed by atoms with Crippen molar-refractivity contribution in [2.24, 2.45) is 0 Å². The number of esters is 1. The molecule has 6 nitrogen and oxygen atoms in total. The number of rotatable bonds is 5. The number of carbonyl (C=O) groups excluding carboxylic acids is 2. The number of hydrogen-bond donors (Lipinski definition) is 1. The van der Waals surface area contributed by atoms with E-state index in [2.05, 4.69) is 10.4 Å². The molecular formula is C22H18ClN3O3S. The Balaban J connectivity index is 1.47. The third-order valence-electron chi connectivity index (χ3n) is 4.55. The summed E-state index contributed by atoms with van der Waals surface area (Å²) < 4.78 is 7.02. The SMILES string of the molecule is Cc1ccc(Cl)cc1NC(=O)COC(=O)c1cc2c(C)nn(-c3ccccc3)c2s1. The molecule has 0 unspecified atom stereocenters. The molecule has 0 spiro atoms. The van der Waals surface area contributed by atoms with E-state index in [-0.39, 0.29) is 6.61 Å². The maximum Gasteiger partial charge on any atom is 0.348 e. The first kappa shape index (κ1) is 20.1. The summed E-state index contributed by atoms with van der Waals surface area (Å²) in [5.74, 6) is -0.977. The maximum absolute atomic E-state index is 12.5. The van der Waals surface area contributed by atoms with Gasteiger partial charge in [0.25, 0.3) is 5.91 Å². The normalized spacial score (nSPS) is 10.9. The second-order valence-corrected chi connectivity index (χ2v) is 8.21. The first-order valence-electron chi connectivity index (χ1n) is 9.20. The number of fused-ring (bicyclic) bond motifs is 1. The molecule has 4 aromatic rings. The van der Waals surface area contributed by atoms with Crippen molar-refractivity contribution >= 4 is 50.7 Å². The summed E-state index contributed by atoms with van der Waals surface area (Å²) in [6.07, 6.45) is 0. The van der Waals surface area contributed by atoms with Crippen LogP contribution in [0.5, 0.6) is 0 Å². The van der Waals surface area contributed by atoms with Crippen LogP contribution in [-0.2, 0) is 9.53 Å². The van der Waals surface area contributed by atoms with Crippen LogP contribution in [0.25, 0.3) is 15.9 Å². The number of ether oxygens (including phenoxy) is 1. The zero-order valence-electron chi connectivity index (χ0n) is 16.3. The fraction of sp³-hybridized carbons (Fsp3) is 0.136. The highest BCUT2D eigenvalue weighted by molar-refractivity contribution is 7.20. The van der Waals surface area contributed by atoms with Crippen LogP contribution in [-0.4, -0.2) is 28.3 Å². The molecule has 0 radical (unpaired) electrons. The summed E-state index contributed by atoms with van der Waals surface area (Å²) in [4.78, 5) is 26.0. The number of thiophene rings is 1. The van der Waals surface area contributed by atoms with Crippen LogP contribution in [0.4, 0.5) is 5.69 Å². The van der Waals surface area contributed by atoms with Gasteiger partial charge in [-0.2, -0.15) is 5.10 Å². The standard InChI is InChI=1S/C22H18ClN3O3S/c1-13-8-9-15(23)10-18(13)24-20(27)12-29-22(28)19-11-17-14(2)25-26(21(17)30-19)16-6-4-3-5-7-16/h3-11H,12H2,1-2H3,(H,24,27). The third kappa shape index (κ3) is 4.08. The fourth-order valence-corrected chi connectivity index (χ4v) is 4.26. The van der Waals surface area contributed by atoms with E-state index < -0.39 is 11.9 Å². The third-order valence-corrected chi connectivity index (χ3v) is 5.88. The molecule has 0 fully saturated rings. The molecule has 4 rings (SSSR count). The van der Waals surface area contributed by atoms with E-state index in [1.54, 1.807) is 28.9 Å². The minimum Gasteiger partial charge on any atom is -0.451 e. The molecule has 1 N–H and O–H groups in total. The summed E-state index contributed by atoms with van der Waals surface area (Å²) in [6, 6.07) is 16.7. The van der Waals surface area contributed by atoms with Gasteiger partial charge in [0.15, 0.2) is 6.61 Å². The van der Waals surface area contributed by atoms with Gasteiger partial charge < -0.3 is 10.1 Å². The molecule has 0 saturated carbocycles. The van der Waals surface area contributed by atoms with E-state index in [9.17, 15) is 9.59 Å². The average molecular weight is 440 g/mol. The molecule has 30 heavy (non-hydrogen) atoms. The van der Waals surface area contributed by atoms with Crippen LogP contribution in [0.3, 0.4) is 0 Å². The number of halogens is 1. The van der Waals surface area contributed by atoms with Crippen LogP contribution in [0.15, 0.2) is 54.6 Å². The molecular weight excluding hydrogens is 422 g/mol. The van der Waals surface area contributed by atoms with E-state index in [1.165, 1.54) is 11.3 Å². The van der Waals surface area contributed by atoms with Gasteiger partial charge in [-0.05, 0) is 49.7 Å². The van der Waals surface area contributed by atoms with Gasteiger partial charge in [-0.25, -0.2) is 9.48 Å². The highest BCUT2D eigenvalue weighted by Gasteiger charge is 2.19. The van der Waals surface area contributed by atoms with Crippen molar-refractivity contribution in [3.8, 4) is 5.69 Å². The van der Waals surface area contributed by atoms with Gasteiger partial charge in [-0.3, -0.25) is 4.79 Å². The molecule has 0 bridgehead atoms. The number of amides is 1. The first-order valence-corrected chi connectivity index (χ1v) is 10.4. The van der Waals surface area contributed by atoms with Crippen molar-refractivity contribution < 1.29 is 14.3 Å². The number of nitrogens with one attached hydrogen (secondary N) is 1. The highest BCUT2D eigenvalue weighted by atomic mass is 35.5. The smallest absolute Gasteiger partial charge is 0.348 e. The van der Waals surface area contributed by atoms with E-state index >= 15 is 0 Å². The predicted molar refractivity (Wildman–Crippen MR) is 119 cm³/mol. The van der Waals surface area contributed by atoms with Crippen molar-refractivity contribution in [1.82, 2.24) is 9.78 Å². The maximum atomic E-state index is 12.5. The molecule has 152 valence electrons. The summed E-state index contributed by atoms with van der Waals surface area (Å²) in [5, 5.41) is 8.66. The van der Waals surface area contributed by atoms with Crippen LogP contribution < -0.4 is 5.32 Å². The largest absolute Gasteiger partial charge is 0.451 e. The Morgan fingerprint density at radius 2 is 1.90 bits per heavy atom. The van der Waals surface area contributed by atoms with Gasteiger partial charge >= 0.3 is 5.97 Å². The Kier molecular flexibility index (Phi) is 5.57. The molecule has 1 amide bonds. The molecule has 0 atom stereocenters. The van der Waals surface area contributed by atoms with Gasteiger partial charge in [0, 0.05) is 16.1 Å². The number of anilines is 1. The molecule has 8 heteroatoms. The van der Waals surface area contributed by atoms with Crippen LogP contribution in [0, 0.1) is 13.8 Å². The van der Waals surface area contributed by atoms with Crippen LogP contribution >= 0.6 is 22.9 Å². The van der Waals surface area contributed by atoms with Crippen molar-refractivity contribution in [3.63, 3.8) is 0 Å². The first-order chi connectivity index (χ1) is 14.4. The number of benzene rings is 2. The monoisotopic (exact) mass is 439 g/mol. The van der Waals surface area contributed by atoms with Gasteiger partial charge in [-0.1, -0.05) is 35.9 Å². The molecule has 2 aromatic heterocycles. The van der Waals surface area contributed by atoms with Crippen molar-refractivity contribution in [1.29, 1.82) is 0 Å². The number of nitrogens with zero attached hydrogens (tertiary/aromatic N) is 2. The van der Waals surface area contributed by atoms with Gasteiger partial charge in [0.05, 0.1) is 11.4 Å². The number of para-hydroxylation sites is 1. The molecule has 0 aliphatic rings. The van der Waals surface area contributed by atoms with Crippen molar-refractivity contribution in [2.75, 3.05) is 11.9 Å². The summed E-state index contributed by atoms with van der Waals surface area (Å²) >= 11 is 7.25. The molecule has 0 aliphatic carbocycles. The van der Waals surface area contributed by atoms with Gasteiger partial charge in [0.1, 0.15) is 9.71 Å². The Morgan fingerprint density at radius 1 is 1.13 bits per heavy atom. The van der Waals surface area contributed by atoms with Crippen molar-refractivity contribution in [3.05, 3.63) is 75.8 Å². The highest BCUT2D eigenvalue weighted by Crippen LogP contribution is 2.30. The predicted octanol–water partition coefficient (Wildman–Crippen LogP) is 5.15. The second-order valence-electron chi connectivity index (χ2n) is 6.75. The molecule has 2 aromatic carbocycles. The minimum atomic E-state index is -0.548. The van der Waals surface area contributed by atoms with E-state index in [1.807, 2.05) is 44.2 Å². The summed E-state index contributed by atoms with van der Waals surface area (Å²) in [5.41, 5.74) is 3.18. The lowest BCUT2D eigenvalue weighted by atomic mass is 10.2. The lowest BCUT2D eigenvalue weighted by Gasteiger charge is -2.09. The fourth-order valence-electron chi connectivity index (χ4n) is 3.01. The summed E-state index contributed by atoms with van der Waals surface area (Å²) in [7, 11) is 0. The van der Waals surface area contributed by atoms with Gasteiger partial charge in [0.2, 0.25) is 0 Å². The molecule has 2 heterocycles. The zero-order chi connectivity index (χ0) is 21.3. The Bertz CT molecular complexity index is 1250. The number of aromatic nitrogens is 2. The second kappa shape index (κ2) is 8.30. The van der Waals surface area contributed by atoms with E-state index in [4.69, 9.17) is 16.3 Å². The number of hydrogen-bond acceptors (Lipinski definition) is 5. The number of carbonyl (C=O) groups is 2. The Morgan fingerprint density at radius 3 is 2.67 bits per heavy atom. The topological polar surface area (TPSA) is 73.2 Å². The average Bonchev–Trinajstić information content (AvgIpc) is 3.30. The molecule has 0 saturated heterocycles. The van der Waals surface area contributed by atoms with E-state index in [0.717, 1.165) is 27.2 Å². The summed E-state index contributed by atoms with van der Waals surface area (Å²) in [6.45, 7) is 3.36. The van der Waals surface area contributed by atoms with Crippen molar-refractivity contribution in [2.45, 2.75) is 13.8 Å². The zero-order valence-corrected chi connectivity index (χ0v) is 17.9. The lowest BCUT2D eigenvalue weighted by molar-refractivity contribution is -0.119. The van der Waals surface area contributed by atoms with Crippen LogP contribution in [0.1, 0.15) is 20.9 Å². The minimum absolute atomic E-state index is 0.386. The Labute approximate surface area is 182 Å².